The highest BCUT2D eigenvalue weighted by Crippen LogP contribution is 2.67. The number of rotatable bonds is 8. The largest absolute Gasteiger partial charge is 0.497 e. The number of hydrogen-bond donors (Lipinski definition) is 1. The van der Waals surface area contributed by atoms with E-state index < -0.39 is 37.1 Å². The molecule has 1 aliphatic carbocycles. The predicted molar refractivity (Wildman–Crippen MR) is 231 cm³/mol. The summed E-state index contributed by atoms with van der Waals surface area (Å²) in [4.78, 5) is 54.9. The smallest absolute Gasteiger partial charge is 0.435 e. The number of nitrogens with one attached hydrogen (secondary N) is 1. The van der Waals surface area contributed by atoms with Gasteiger partial charge in [-0.05, 0) is 108 Å². The van der Waals surface area contributed by atoms with Crippen molar-refractivity contribution in [3.8, 4) is 5.75 Å². The van der Waals surface area contributed by atoms with Crippen LogP contribution in [0.1, 0.15) is 111 Å². The van der Waals surface area contributed by atoms with Gasteiger partial charge in [-0.1, -0.05) is 40.7 Å². The number of anilines is 4. The molecular weight excluding hydrogens is 767 g/mol. The maximum absolute atomic E-state index is 14.4. The molecule has 3 aliphatic rings. The summed E-state index contributed by atoms with van der Waals surface area (Å²) >= 11 is 0. The summed E-state index contributed by atoms with van der Waals surface area (Å²) in [5.41, 5.74) is -0.151. The molecule has 2 aromatic carbocycles. The van der Waals surface area contributed by atoms with Crippen LogP contribution in [0.3, 0.4) is 0 Å². The van der Waals surface area contributed by atoms with Crippen molar-refractivity contribution >= 4 is 60.5 Å². The van der Waals surface area contributed by atoms with Crippen LogP contribution in [0.2, 0.25) is 18.1 Å². The van der Waals surface area contributed by atoms with Gasteiger partial charge < -0.3 is 28.9 Å². The first-order valence-corrected chi connectivity index (χ1v) is 23.3. The van der Waals surface area contributed by atoms with Gasteiger partial charge in [0.05, 0.1) is 29.8 Å². The molecule has 0 bridgehead atoms. The number of hydrogen-bond acceptors (Lipinski definition) is 12. The zero-order chi connectivity index (χ0) is 43.2. The maximum Gasteiger partial charge on any atom is 0.435 e. The molecule has 4 heterocycles. The first-order valence-electron chi connectivity index (χ1n) is 20.4. The number of carbonyl (C=O) groups is 3. The zero-order valence-electron chi connectivity index (χ0n) is 36.9. The van der Waals surface area contributed by atoms with E-state index in [1.807, 2.05) is 30.3 Å². The lowest BCUT2D eigenvalue weighted by Gasteiger charge is -2.46. The van der Waals surface area contributed by atoms with E-state index in [9.17, 15) is 14.4 Å². The standard InChI is InChI=1S/C44H59N7O7Si/c1-25(2)36-45-34(21-35(47-36)49-23-28(24-49)58-59(13,14)43(9,10)11)46-37-29-17-15-26(19-33(29)51(48-37)40(54)57-42(6,7)8)31-22-44(31)30-20-27(55-12)16-18-32(30)50(38(44)52)39(53)56-41(3,4)5/h15-21,25,28,31H,22-24H2,1-14H3,(H,45,46,47,48)/t31-,44-/m0/s1. The Bertz CT molecular complexity index is 2330. The molecule has 1 spiro atoms. The Morgan fingerprint density at radius 1 is 0.898 bits per heavy atom. The van der Waals surface area contributed by atoms with Gasteiger partial charge in [0.15, 0.2) is 14.1 Å². The zero-order valence-corrected chi connectivity index (χ0v) is 37.9. The fourth-order valence-corrected chi connectivity index (χ4v) is 8.88. The van der Waals surface area contributed by atoms with Gasteiger partial charge in [-0.15, -0.1) is 5.10 Å². The third-order valence-electron chi connectivity index (χ3n) is 11.7. The number of benzene rings is 2. The van der Waals surface area contributed by atoms with Crippen molar-refractivity contribution in [3.05, 3.63) is 59.4 Å². The molecule has 1 saturated heterocycles. The van der Waals surface area contributed by atoms with E-state index >= 15 is 0 Å². The van der Waals surface area contributed by atoms with Crippen LogP contribution in [0.25, 0.3) is 10.9 Å². The topological polar surface area (TPSA) is 150 Å². The SMILES string of the molecule is COc1ccc2c(c1)[C@]1(C[C@H]1c1ccc3c(Nc4cc(N5CC(O[Si](C)(C)C(C)(C)C)C5)nc(C(C)C)n4)nn(C(=O)OC(C)(C)C)c3c1)C(=O)N2C(=O)OC(C)(C)C. The molecule has 4 aromatic rings. The molecule has 59 heavy (non-hydrogen) atoms. The van der Waals surface area contributed by atoms with Gasteiger partial charge in [-0.2, -0.15) is 4.68 Å². The van der Waals surface area contributed by atoms with Crippen molar-refractivity contribution < 1.29 is 33.0 Å². The van der Waals surface area contributed by atoms with Crippen molar-refractivity contribution in [1.82, 2.24) is 19.7 Å². The number of aromatic nitrogens is 4. The second-order valence-corrected chi connectivity index (χ2v) is 24.7. The molecule has 2 fully saturated rings. The number of imide groups is 1. The van der Waals surface area contributed by atoms with Crippen molar-refractivity contribution in [2.24, 2.45) is 0 Å². The summed E-state index contributed by atoms with van der Waals surface area (Å²) in [5.74, 6) is 2.37. The molecule has 2 aliphatic heterocycles. The molecule has 1 saturated carbocycles. The van der Waals surface area contributed by atoms with Crippen LogP contribution in [0.5, 0.6) is 5.75 Å². The molecule has 0 unspecified atom stereocenters. The van der Waals surface area contributed by atoms with Gasteiger partial charge in [0.1, 0.15) is 34.4 Å². The van der Waals surface area contributed by atoms with Gasteiger partial charge in [-0.3, -0.25) is 4.79 Å². The van der Waals surface area contributed by atoms with Crippen molar-refractivity contribution in [2.75, 3.05) is 35.3 Å². The highest BCUT2D eigenvalue weighted by Gasteiger charge is 2.68. The Kier molecular flexibility index (Phi) is 10.2. The van der Waals surface area contributed by atoms with Crippen LogP contribution in [0, 0.1) is 0 Å². The van der Waals surface area contributed by atoms with E-state index in [-0.39, 0.29) is 28.9 Å². The molecule has 2 amide bonds. The number of fused-ring (bicyclic) bond motifs is 3. The van der Waals surface area contributed by atoms with Crippen LogP contribution >= 0.6 is 0 Å². The number of methoxy groups -OCH3 is 1. The lowest BCUT2D eigenvalue weighted by Crippen LogP contribution is -2.58. The van der Waals surface area contributed by atoms with Crippen LogP contribution < -0.4 is 19.9 Å². The van der Waals surface area contributed by atoms with Gasteiger partial charge in [-0.25, -0.2) is 24.5 Å². The second-order valence-electron chi connectivity index (χ2n) is 19.9. The van der Waals surface area contributed by atoms with Crippen LogP contribution in [0.15, 0.2) is 42.5 Å². The van der Waals surface area contributed by atoms with Crippen molar-refractivity contribution in [1.29, 1.82) is 0 Å². The Hall–Kier alpha value is -5.02. The highest BCUT2D eigenvalue weighted by molar-refractivity contribution is 6.74. The lowest BCUT2D eigenvalue weighted by molar-refractivity contribution is -0.120. The van der Waals surface area contributed by atoms with Gasteiger partial charge in [0, 0.05) is 36.4 Å². The van der Waals surface area contributed by atoms with E-state index in [0.29, 0.717) is 51.8 Å². The minimum Gasteiger partial charge on any atom is -0.497 e. The Morgan fingerprint density at radius 2 is 1.56 bits per heavy atom. The average Bonchev–Trinajstić information content (AvgIpc) is 3.69. The first-order chi connectivity index (χ1) is 27.3. The van der Waals surface area contributed by atoms with Gasteiger partial charge in [0.2, 0.25) is 5.91 Å². The number of amides is 2. The van der Waals surface area contributed by atoms with Gasteiger partial charge >= 0.3 is 12.2 Å². The molecule has 1 N–H and O–H groups in total. The molecule has 7 rings (SSSR count). The molecule has 316 valence electrons. The second kappa shape index (κ2) is 14.3. The Morgan fingerprint density at radius 3 is 2.17 bits per heavy atom. The quantitative estimate of drug-likeness (QED) is 0.169. The molecule has 14 nitrogen and oxygen atoms in total. The van der Waals surface area contributed by atoms with Crippen molar-refractivity contribution in [3.63, 3.8) is 0 Å². The summed E-state index contributed by atoms with van der Waals surface area (Å²) in [7, 11) is -0.359. The Balaban J connectivity index is 1.23. The minimum absolute atomic E-state index is 0.0511. The fourth-order valence-electron chi connectivity index (χ4n) is 7.54. The van der Waals surface area contributed by atoms with E-state index in [1.165, 1.54) is 4.68 Å². The lowest BCUT2D eigenvalue weighted by atomic mass is 9.91. The van der Waals surface area contributed by atoms with Crippen molar-refractivity contribution in [2.45, 2.75) is 135 Å². The summed E-state index contributed by atoms with van der Waals surface area (Å²) in [6.07, 6.45) is -0.801. The number of carbonyl (C=O) groups excluding carboxylic acids is 3. The monoisotopic (exact) mass is 825 g/mol. The fraction of sp³-hybridized carbons (Fsp3) is 0.545. The number of ether oxygens (including phenoxy) is 3. The summed E-state index contributed by atoms with van der Waals surface area (Å²) in [6, 6.07) is 12.9. The third-order valence-corrected chi connectivity index (χ3v) is 16.2. The highest BCUT2D eigenvalue weighted by atomic mass is 28.4. The van der Waals surface area contributed by atoms with Crippen LogP contribution in [0.4, 0.5) is 32.7 Å². The molecule has 0 radical (unpaired) electrons. The maximum atomic E-state index is 14.4. The van der Waals surface area contributed by atoms with Crippen LogP contribution in [-0.4, -0.2) is 83.7 Å². The molecule has 2 aromatic heterocycles. The molecular formula is C44H59N7O7Si. The van der Waals surface area contributed by atoms with E-state index in [2.05, 4.69) is 57.9 Å². The van der Waals surface area contributed by atoms with E-state index in [0.717, 1.165) is 29.4 Å². The average molecular weight is 826 g/mol. The van der Waals surface area contributed by atoms with E-state index in [1.54, 1.807) is 60.8 Å². The van der Waals surface area contributed by atoms with Crippen LogP contribution in [-0.2, 0) is 24.1 Å². The predicted octanol–water partition coefficient (Wildman–Crippen LogP) is 9.40. The third kappa shape index (κ3) is 7.90. The number of nitrogens with zero attached hydrogens (tertiary/aromatic N) is 6. The molecule has 2 atom stereocenters. The summed E-state index contributed by atoms with van der Waals surface area (Å²) in [5, 5.41) is 8.95. The van der Waals surface area contributed by atoms with E-state index in [4.69, 9.17) is 33.7 Å². The molecule has 15 heteroatoms. The Labute approximate surface area is 348 Å². The van der Waals surface area contributed by atoms with Gasteiger partial charge in [0.25, 0.3) is 0 Å². The minimum atomic E-state index is -1.93. The normalized spacial score (nSPS) is 19.6. The first kappa shape index (κ1) is 42.1. The summed E-state index contributed by atoms with van der Waals surface area (Å²) in [6.45, 7) is 27.6. The summed E-state index contributed by atoms with van der Waals surface area (Å²) < 4.78 is 25.0.